The number of aromatic nitrogens is 10. The Morgan fingerprint density at radius 3 is 1.75 bits per heavy atom. The van der Waals surface area contributed by atoms with Gasteiger partial charge in [0.15, 0.2) is 15.7 Å². The SMILES string of the molecule is CC(C)COc1cc(F)cc(-c2ccc(C(=O)NS(=O)(=O)c3cccc(N)n3)c(N3C[C@H](C)CC3(C)C)n2)c1.CC(C)Cn1cc(-c2ccc(C(=O)NS(=O)(=O)c3nccnc3N)c(N3CCC(C)CC3)n2)cn1.CCCOc1cc(-c2ccc(C(=O)NS(=O)(=O)c3ccc[nH]c3=O)c(C3[C@H](C)CC[C@@H]3C)n2)ccc1Cl.COC1CCN(c2nc(C(C)(C)C)ccc2C(=O)NS(=O)(=O)c2ccc(N)cc2)CC1. The first-order chi connectivity index (χ1) is 67.0. The highest BCUT2D eigenvalue weighted by molar-refractivity contribution is 7.91. The molecule has 0 bridgehead atoms. The van der Waals surface area contributed by atoms with Crippen LogP contribution in [-0.4, -0.2) is 172 Å². The summed E-state index contributed by atoms with van der Waals surface area (Å²) in [6, 6.07) is 35.2. The van der Waals surface area contributed by atoms with Gasteiger partial charge >= 0.3 is 0 Å². The van der Waals surface area contributed by atoms with E-state index in [1.165, 1.54) is 85.3 Å². The van der Waals surface area contributed by atoms with Gasteiger partial charge in [-0.05, 0) is 222 Å². The highest BCUT2D eigenvalue weighted by Crippen LogP contribution is 2.46. The summed E-state index contributed by atoms with van der Waals surface area (Å²) >= 11 is 6.30. The van der Waals surface area contributed by atoms with Crippen molar-refractivity contribution in [3.05, 3.63) is 225 Å². The van der Waals surface area contributed by atoms with E-state index in [9.17, 15) is 62.0 Å². The summed E-state index contributed by atoms with van der Waals surface area (Å²) in [6.07, 6.45) is 14.8. The van der Waals surface area contributed by atoms with Crippen LogP contribution in [0, 0.1) is 41.3 Å². The molecular formula is C100H124ClFN20O16S4. The average Bonchev–Trinajstić information content (AvgIpc) is 1.59. The summed E-state index contributed by atoms with van der Waals surface area (Å²) < 4.78 is 144. The minimum Gasteiger partial charge on any atom is -0.493 e. The molecule has 758 valence electrons. The van der Waals surface area contributed by atoms with Gasteiger partial charge in [-0.1, -0.05) is 107 Å². The number of piperidine rings is 2. The van der Waals surface area contributed by atoms with Crippen molar-refractivity contribution in [1.29, 1.82) is 0 Å². The lowest BCUT2D eigenvalue weighted by molar-refractivity contribution is 0.0817. The maximum atomic E-state index is 14.5. The van der Waals surface area contributed by atoms with Crippen LogP contribution in [0.25, 0.3) is 33.8 Å². The van der Waals surface area contributed by atoms with Crippen LogP contribution in [0.3, 0.4) is 0 Å². The maximum absolute atomic E-state index is 14.5. The van der Waals surface area contributed by atoms with Crippen LogP contribution in [0.2, 0.25) is 5.02 Å². The first kappa shape index (κ1) is 108. The molecule has 3 aromatic carbocycles. The fourth-order valence-electron chi connectivity index (χ4n) is 17.2. The molecule has 8 aromatic heterocycles. The van der Waals surface area contributed by atoms with E-state index in [0.29, 0.717) is 132 Å². The Bertz CT molecular complexity index is 6950. The van der Waals surface area contributed by atoms with Gasteiger partial charge in [-0.3, -0.25) is 33.6 Å². The van der Waals surface area contributed by atoms with Gasteiger partial charge in [0.05, 0.1) is 80.5 Å². The number of hydrogen-bond donors (Lipinski definition) is 8. The maximum Gasteiger partial charge on any atom is 0.285 e. The number of H-pyrrole nitrogens is 1. The second-order valence-electron chi connectivity index (χ2n) is 38.5. The summed E-state index contributed by atoms with van der Waals surface area (Å²) in [5, 5.41) is 4.04. The van der Waals surface area contributed by atoms with Gasteiger partial charge in [0.2, 0.25) is 5.03 Å². The van der Waals surface area contributed by atoms with Gasteiger partial charge < -0.3 is 51.1 Å². The molecule has 0 radical (unpaired) electrons. The van der Waals surface area contributed by atoms with Gasteiger partial charge in [-0.15, -0.1) is 0 Å². The van der Waals surface area contributed by atoms with E-state index in [-0.39, 0.29) is 84.5 Å². The molecule has 142 heavy (non-hydrogen) atoms. The second kappa shape index (κ2) is 45.9. The Balaban J connectivity index is 0.000000170. The van der Waals surface area contributed by atoms with Crippen LogP contribution >= 0.6 is 11.6 Å². The predicted octanol–water partition coefficient (Wildman–Crippen LogP) is 14.8. The van der Waals surface area contributed by atoms with E-state index < -0.39 is 85.0 Å². The first-order valence-corrected chi connectivity index (χ1v) is 53.2. The predicted molar refractivity (Wildman–Crippen MR) is 544 cm³/mol. The molecule has 4 aliphatic rings. The van der Waals surface area contributed by atoms with Crippen LogP contribution in [0.4, 0.5) is 39.2 Å². The molecule has 4 amide bonds. The molecular weight excluding hydrogens is 1920 g/mol. The minimum absolute atomic E-state index is 0.0108. The van der Waals surface area contributed by atoms with Gasteiger partial charge in [-0.2, -0.15) is 21.9 Å². The fourth-order valence-corrected chi connectivity index (χ4v) is 21.3. The number of anilines is 6. The summed E-state index contributed by atoms with van der Waals surface area (Å²) in [6.45, 7) is 34.1. The number of halogens is 2. The third-order valence-electron chi connectivity index (χ3n) is 24.5. The number of sulfonamides is 4. The smallest absolute Gasteiger partial charge is 0.285 e. The number of carbonyl (C=O) groups is 4. The molecule has 3 saturated heterocycles. The molecule has 42 heteroatoms. The number of benzene rings is 3. The van der Waals surface area contributed by atoms with Crippen LogP contribution < -0.4 is 65.8 Å². The highest BCUT2D eigenvalue weighted by Gasteiger charge is 2.42. The average molecular weight is 2040 g/mol. The molecule has 1 saturated carbocycles. The van der Waals surface area contributed by atoms with Crippen molar-refractivity contribution < 1.29 is 71.5 Å². The summed E-state index contributed by atoms with van der Waals surface area (Å²) in [5.74, 6) is 0.263. The van der Waals surface area contributed by atoms with Crippen LogP contribution in [-0.2, 0) is 56.8 Å². The van der Waals surface area contributed by atoms with E-state index in [2.05, 4.69) is 85.5 Å². The number of aromatic amines is 1. The molecule has 15 rings (SSSR count). The number of nitrogens with two attached hydrogens (primary N) is 3. The highest BCUT2D eigenvalue weighted by atomic mass is 35.5. The molecule has 0 spiro atoms. The molecule has 4 atom stereocenters. The Labute approximate surface area is 833 Å². The van der Waals surface area contributed by atoms with E-state index in [1.807, 2.05) is 93.1 Å². The Morgan fingerprint density at radius 1 is 0.592 bits per heavy atom. The summed E-state index contributed by atoms with van der Waals surface area (Å²) in [5.41, 5.74) is 21.7. The minimum atomic E-state index is -4.39. The number of hydrogen-bond acceptors (Lipinski definition) is 30. The van der Waals surface area contributed by atoms with E-state index in [4.69, 9.17) is 62.9 Å². The van der Waals surface area contributed by atoms with Gasteiger partial charge in [0.1, 0.15) is 40.6 Å². The van der Waals surface area contributed by atoms with Crippen molar-refractivity contribution in [2.75, 3.05) is 84.9 Å². The zero-order valence-corrected chi connectivity index (χ0v) is 86.1. The lowest BCUT2D eigenvalue weighted by Crippen LogP contribution is -2.41. The lowest BCUT2D eigenvalue weighted by atomic mass is 9.85. The van der Waals surface area contributed by atoms with Crippen molar-refractivity contribution >= 4 is 110 Å². The van der Waals surface area contributed by atoms with Crippen LogP contribution in [0.5, 0.6) is 11.5 Å². The standard InChI is InChI=1S/C28H34FN5O4S.C27H30ClN3O5S.C23H30N8O3S.C22H30N4O4S/c1-17(2)16-38-21-12-19(11-20(29)13-21)23-10-9-22(26(31-23)34-15-18(3)14-28(34,4)5)27(35)33-39(36,37)25-8-6-7-24(30)32-25;1-4-14-36-22-15-18(9-11-20(22)28)21-12-10-19(25(30-21)24-16(2)7-8-17(24)3)26(32)31-37(34,35)23-6-5-13-29-27(23)33;1-15(2)13-31-14-17(12-27-31)19-5-4-18(21(28-19)30-10-6-16(3)7-11-30)22(32)29-35(33,34)23-20(24)25-8-9-26-23;1-22(2,3)19-10-9-18(20(24-19)26-13-11-16(30-4)12-14-26)21(27)25-31(28,29)17-7-5-15(23)6-8-17/h6-13,17-18H,14-16H2,1-5H3,(H2,30,32)(H,33,35);5-6,9-13,15-17,24H,4,7-8,14H2,1-3H3,(H,29,33)(H,31,32);4-5,8-9,12,14-16H,6-7,10-11,13H2,1-3H3,(H2,24,25)(H,29,32);5-10,16H,11-14,23H2,1-4H3,(H,25,27)/t18-;16-,17+,24?;;/m1.../s1. The Morgan fingerprint density at radius 2 is 1.16 bits per heavy atom. The summed E-state index contributed by atoms with van der Waals surface area (Å²) in [7, 11) is -15.4. The van der Waals surface area contributed by atoms with E-state index in [0.717, 1.165) is 80.8 Å². The molecule has 11 heterocycles. The van der Waals surface area contributed by atoms with Gasteiger partial charge in [0, 0.05) is 122 Å². The molecule has 1 aliphatic carbocycles. The number of nitrogen functional groups attached to an aromatic ring is 3. The Hall–Kier alpha value is -13.1. The van der Waals surface area contributed by atoms with E-state index >= 15 is 0 Å². The molecule has 11 N–H and O–H groups in total. The third-order valence-corrected chi connectivity index (χ3v) is 30.0. The number of nitrogens with zero attached hydrogens (tertiary/aromatic N) is 12. The first-order valence-electron chi connectivity index (χ1n) is 46.9. The topological polar surface area (TPSA) is 509 Å². The zero-order chi connectivity index (χ0) is 103. The fraction of sp³-hybridized carbons (Fsp3) is 0.410. The number of ether oxygens (including phenoxy) is 3. The number of carbonyl (C=O) groups excluding carboxylic acids is 4. The molecule has 3 aliphatic heterocycles. The molecule has 4 fully saturated rings. The number of amides is 4. The lowest BCUT2D eigenvalue weighted by Gasteiger charge is -2.34. The van der Waals surface area contributed by atoms with Crippen LogP contribution in [0.15, 0.2) is 195 Å². The second-order valence-corrected chi connectivity index (χ2v) is 45.5. The monoisotopic (exact) mass is 2040 g/mol. The quantitative estimate of drug-likeness (QED) is 0.0211. The van der Waals surface area contributed by atoms with Crippen molar-refractivity contribution in [2.45, 2.75) is 198 Å². The zero-order valence-electron chi connectivity index (χ0n) is 82.1. The number of nitrogens with one attached hydrogen (secondary N) is 5. The van der Waals surface area contributed by atoms with Crippen LogP contribution in [0.1, 0.15) is 207 Å². The van der Waals surface area contributed by atoms with Crippen molar-refractivity contribution in [1.82, 2.24) is 68.5 Å². The van der Waals surface area contributed by atoms with Crippen molar-refractivity contribution in [3.8, 4) is 45.3 Å². The van der Waals surface area contributed by atoms with Crippen molar-refractivity contribution in [3.63, 3.8) is 0 Å². The van der Waals surface area contributed by atoms with Crippen molar-refractivity contribution in [2.24, 2.45) is 35.5 Å². The molecule has 1 unspecified atom stereocenters. The van der Waals surface area contributed by atoms with Gasteiger partial charge in [0.25, 0.3) is 69.3 Å². The summed E-state index contributed by atoms with van der Waals surface area (Å²) in [4.78, 5) is 103. The molecule has 11 aromatic rings. The number of rotatable bonds is 28. The van der Waals surface area contributed by atoms with Gasteiger partial charge in [-0.25, -0.2) is 70.0 Å². The van der Waals surface area contributed by atoms with E-state index in [1.54, 1.807) is 67.9 Å². The number of pyridine rings is 6. The Kier molecular flexibility index (Phi) is 34.8. The third kappa shape index (κ3) is 27.2. The normalized spacial score (nSPS) is 16.8. The largest absolute Gasteiger partial charge is 0.493 e. The number of methoxy groups -OCH3 is 1. The molecule has 36 nitrogen and oxygen atoms in total.